The molecule has 0 unspecified atom stereocenters. The van der Waals surface area contributed by atoms with Crippen LogP contribution in [0.1, 0.15) is 66.2 Å². The Bertz CT molecular complexity index is 291. The van der Waals surface area contributed by atoms with Crippen LogP contribution in [0.2, 0.25) is 0 Å². The Kier molecular flexibility index (Phi) is 12.9. The van der Waals surface area contributed by atoms with Crippen LogP contribution >= 0.6 is 0 Å². The first-order valence-electron chi connectivity index (χ1n) is 6.38. The smallest absolute Gasteiger partial charge is 0.341 e. The molecule has 4 heteroatoms. The summed E-state index contributed by atoms with van der Waals surface area (Å²) in [6, 6.07) is 0. The number of ether oxygens (including phenoxy) is 1. The molecule has 0 aromatic carbocycles. The first kappa shape index (κ1) is 19.9. The second-order valence-electron chi connectivity index (χ2n) is 4.55. The molecule has 0 bridgehead atoms. The van der Waals surface area contributed by atoms with E-state index in [2.05, 4.69) is 6.92 Å². The van der Waals surface area contributed by atoms with Crippen LogP contribution in [0.25, 0.3) is 0 Å². The summed E-state index contributed by atoms with van der Waals surface area (Å²) in [6.07, 6.45) is 5.70. The Balaban J connectivity index is 0. The van der Waals surface area contributed by atoms with Crippen molar-refractivity contribution in [1.29, 1.82) is 0 Å². The Morgan fingerprint density at radius 1 is 0.944 bits per heavy atom. The minimum Gasteiger partial charge on any atom is -0.390 e. The number of rotatable bonds is 7. The monoisotopic (exact) mass is 288 g/mol. The van der Waals surface area contributed by atoms with Crippen molar-refractivity contribution in [2.45, 2.75) is 66.2 Å². The van der Waals surface area contributed by atoms with Crippen molar-refractivity contribution < 1.29 is 36.0 Å². The number of hydrogen-bond acceptors (Lipinski definition) is 3. The Morgan fingerprint density at radius 3 is 2.00 bits per heavy atom. The van der Waals surface area contributed by atoms with Crippen molar-refractivity contribution in [2.75, 3.05) is 0 Å². The normalized spacial score (nSPS) is 9.33. The molecule has 0 amide bonds. The van der Waals surface area contributed by atoms with Crippen molar-refractivity contribution in [3.05, 3.63) is 11.1 Å². The molecule has 3 nitrogen and oxygen atoms in total. The second-order valence-corrected chi connectivity index (χ2v) is 4.55. The molecule has 0 heterocycles. The Hall–Kier alpha value is -0.406. The molecule has 0 radical (unpaired) electrons. The largest absolute Gasteiger partial charge is 0.390 e. The summed E-state index contributed by atoms with van der Waals surface area (Å²) in [5.74, 6) is -0.921. The quantitative estimate of drug-likeness (QED) is 0.235. The summed E-state index contributed by atoms with van der Waals surface area (Å²) in [5, 5.41) is 0. The van der Waals surface area contributed by atoms with E-state index in [-0.39, 0.29) is 21.7 Å². The third-order valence-electron chi connectivity index (χ3n) is 2.75. The summed E-state index contributed by atoms with van der Waals surface area (Å²) in [7, 11) is 0. The molecule has 0 aromatic heterocycles. The van der Waals surface area contributed by atoms with Gasteiger partial charge in [0.15, 0.2) is 0 Å². The number of carbonyl (C=O) groups excluding carboxylic acids is 2. The average Bonchev–Trinajstić information content (AvgIpc) is 2.27. The van der Waals surface area contributed by atoms with Gasteiger partial charge in [-0.25, -0.2) is 4.79 Å². The molecule has 0 aliphatic carbocycles. The predicted octanol–water partition coefficient (Wildman–Crippen LogP) is 3.77. The van der Waals surface area contributed by atoms with Gasteiger partial charge in [-0.15, -0.1) is 0 Å². The fraction of sp³-hybridized carbons (Fsp3) is 0.714. The molecule has 0 fully saturated rings. The van der Waals surface area contributed by atoms with Crippen LogP contribution in [-0.4, -0.2) is 11.9 Å². The first-order chi connectivity index (χ1) is 7.99. The first-order valence-corrected chi connectivity index (χ1v) is 6.38. The topological polar surface area (TPSA) is 43.4 Å². The van der Waals surface area contributed by atoms with E-state index in [0.29, 0.717) is 12.0 Å². The fourth-order valence-electron chi connectivity index (χ4n) is 1.31. The summed E-state index contributed by atoms with van der Waals surface area (Å²) in [6.45, 7) is 7.47. The molecule has 0 atom stereocenters. The van der Waals surface area contributed by atoms with Crippen LogP contribution in [0, 0.1) is 0 Å². The fourth-order valence-corrected chi connectivity index (χ4v) is 1.31. The van der Waals surface area contributed by atoms with Gasteiger partial charge in [-0.3, -0.25) is 4.79 Å². The molecule has 102 valence electrons. The molecular weight excluding hydrogens is 264 g/mol. The third-order valence-corrected chi connectivity index (χ3v) is 2.75. The number of unbranched alkanes of at least 4 members (excludes halogenated alkanes) is 4. The molecule has 0 aromatic rings. The van der Waals surface area contributed by atoms with Crippen LogP contribution in [0.4, 0.5) is 0 Å². The van der Waals surface area contributed by atoms with Crippen molar-refractivity contribution >= 4 is 11.9 Å². The molecule has 0 N–H and O–H groups in total. The summed E-state index contributed by atoms with van der Waals surface area (Å²) < 4.78 is 4.74. The van der Waals surface area contributed by atoms with Gasteiger partial charge < -0.3 is 4.74 Å². The van der Waals surface area contributed by atoms with E-state index in [0.717, 1.165) is 24.8 Å². The SMILES string of the molecule is CCCCCCCC(=O)OC(=O)C(C)=C(C)C.[Ti]. The zero-order chi connectivity index (χ0) is 13.3. The van der Waals surface area contributed by atoms with Crippen molar-refractivity contribution in [1.82, 2.24) is 0 Å². The summed E-state index contributed by atoms with van der Waals surface area (Å²) >= 11 is 0. The van der Waals surface area contributed by atoms with Crippen LogP contribution < -0.4 is 0 Å². The summed E-state index contributed by atoms with van der Waals surface area (Å²) in [4.78, 5) is 22.8. The van der Waals surface area contributed by atoms with E-state index in [1.54, 1.807) is 6.92 Å². The van der Waals surface area contributed by atoms with Gasteiger partial charge in [0.25, 0.3) is 0 Å². The Morgan fingerprint density at radius 2 is 1.50 bits per heavy atom. The molecule has 0 spiro atoms. The van der Waals surface area contributed by atoms with Gasteiger partial charge in [0.1, 0.15) is 0 Å². The van der Waals surface area contributed by atoms with Gasteiger partial charge in [0.05, 0.1) is 0 Å². The van der Waals surface area contributed by atoms with Crippen molar-refractivity contribution in [3.8, 4) is 0 Å². The second kappa shape index (κ2) is 11.7. The van der Waals surface area contributed by atoms with Crippen LogP contribution in [0.5, 0.6) is 0 Å². The van der Waals surface area contributed by atoms with E-state index < -0.39 is 11.9 Å². The molecule has 0 aliphatic heterocycles. The van der Waals surface area contributed by atoms with Gasteiger partial charge in [0, 0.05) is 33.7 Å². The standard InChI is InChI=1S/C14H24O3.Ti/c1-5-6-7-8-9-10-13(15)17-14(16)12(4)11(2)3;/h5-10H2,1-4H3;. The molecule has 0 rings (SSSR count). The van der Waals surface area contributed by atoms with Gasteiger partial charge in [-0.05, 0) is 27.2 Å². The van der Waals surface area contributed by atoms with E-state index in [4.69, 9.17) is 4.74 Å². The molecule has 18 heavy (non-hydrogen) atoms. The van der Waals surface area contributed by atoms with E-state index in [1.807, 2.05) is 13.8 Å². The maximum Gasteiger partial charge on any atom is 0.341 e. The van der Waals surface area contributed by atoms with E-state index >= 15 is 0 Å². The minimum absolute atomic E-state index is 0. The third kappa shape index (κ3) is 9.61. The Labute approximate surface area is 125 Å². The van der Waals surface area contributed by atoms with E-state index in [1.165, 1.54) is 12.8 Å². The maximum atomic E-state index is 11.4. The maximum absolute atomic E-state index is 11.4. The van der Waals surface area contributed by atoms with Crippen LogP contribution in [0.3, 0.4) is 0 Å². The molecular formula is C14H24O3Ti. The average molecular weight is 288 g/mol. The number of esters is 2. The summed E-state index contributed by atoms with van der Waals surface area (Å²) in [5.41, 5.74) is 1.40. The minimum atomic E-state index is -0.511. The zero-order valence-electron chi connectivity index (χ0n) is 12.0. The number of hydrogen-bond donors (Lipinski definition) is 0. The van der Waals surface area contributed by atoms with Gasteiger partial charge >= 0.3 is 11.9 Å². The van der Waals surface area contributed by atoms with Gasteiger partial charge in [0.2, 0.25) is 0 Å². The number of allylic oxidation sites excluding steroid dienone is 1. The van der Waals surface area contributed by atoms with Gasteiger partial charge in [-0.1, -0.05) is 38.2 Å². The van der Waals surface area contributed by atoms with Crippen molar-refractivity contribution in [3.63, 3.8) is 0 Å². The van der Waals surface area contributed by atoms with Crippen molar-refractivity contribution in [2.24, 2.45) is 0 Å². The van der Waals surface area contributed by atoms with Gasteiger partial charge in [-0.2, -0.15) is 0 Å². The van der Waals surface area contributed by atoms with E-state index in [9.17, 15) is 9.59 Å². The molecule has 0 saturated carbocycles. The van der Waals surface area contributed by atoms with Crippen LogP contribution in [0.15, 0.2) is 11.1 Å². The number of carbonyl (C=O) groups is 2. The molecule has 0 aliphatic rings. The predicted molar refractivity (Wildman–Crippen MR) is 68.5 cm³/mol. The zero-order valence-corrected chi connectivity index (χ0v) is 13.5. The molecule has 0 saturated heterocycles. The van der Waals surface area contributed by atoms with Crippen LogP contribution in [-0.2, 0) is 36.0 Å².